The van der Waals surface area contributed by atoms with Crippen molar-refractivity contribution in [2.24, 2.45) is 0 Å². The average molecular weight is 420 g/mol. The van der Waals surface area contributed by atoms with Gasteiger partial charge in [-0.1, -0.05) is 12.1 Å². The van der Waals surface area contributed by atoms with Crippen LogP contribution in [0.4, 0.5) is 11.4 Å². The summed E-state index contributed by atoms with van der Waals surface area (Å²) in [6.07, 6.45) is 2.26. The van der Waals surface area contributed by atoms with Crippen molar-refractivity contribution in [2.75, 3.05) is 24.1 Å². The molecule has 1 heterocycles. The molecule has 0 aromatic heterocycles. The van der Waals surface area contributed by atoms with Gasteiger partial charge in [-0.25, -0.2) is 0 Å². The van der Waals surface area contributed by atoms with Crippen LogP contribution in [-0.2, 0) is 19.2 Å². The van der Waals surface area contributed by atoms with Crippen LogP contribution in [0, 0.1) is 13.8 Å². The first kappa shape index (κ1) is 21.8. The zero-order chi connectivity index (χ0) is 22.5. The Kier molecular flexibility index (Phi) is 6.49. The summed E-state index contributed by atoms with van der Waals surface area (Å²) in [5.41, 5.74) is 11.2. The highest BCUT2D eigenvalue weighted by atomic mass is 16.2. The lowest BCUT2D eigenvalue weighted by atomic mass is 10.00. The highest BCUT2D eigenvalue weighted by Crippen LogP contribution is 2.27. The van der Waals surface area contributed by atoms with Gasteiger partial charge in [0.15, 0.2) is 0 Å². The third kappa shape index (κ3) is 5.36. The van der Waals surface area contributed by atoms with Gasteiger partial charge in [-0.3, -0.25) is 24.1 Å². The van der Waals surface area contributed by atoms with E-state index in [0.29, 0.717) is 5.69 Å². The van der Waals surface area contributed by atoms with Crippen LogP contribution in [0.1, 0.15) is 17.5 Å². The highest BCUT2D eigenvalue weighted by molar-refractivity contribution is 6.13. The minimum absolute atomic E-state index is 0.0245. The van der Waals surface area contributed by atoms with Crippen LogP contribution in [0.15, 0.2) is 48.6 Å². The maximum atomic E-state index is 12.2. The monoisotopic (exact) mass is 420 g/mol. The van der Waals surface area contributed by atoms with Crippen molar-refractivity contribution < 1.29 is 19.2 Å². The molecule has 0 radical (unpaired) electrons. The van der Waals surface area contributed by atoms with Gasteiger partial charge in [-0.2, -0.15) is 0 Å². The van der Waals surface area contributed by atoms with Gasteiger partial charge in [-0.05, 0) is 60.4 Å². The Morgan fingerprint density at radius 1 is 0.903 bits per heavy atom. The number of hydrogen-bond donors (Lipinski definition) is 3. The molecule has 3 rings (SSSR count). The molecule has 0 fully saturated rings. The van der Waals surface area contributed by atoms with Crippen LogP contribution in [0.5, 0.6) is 0 Å². The third-order valence-electron chi connectivity index (χ3n) is 5.01. The maximum Gasteiger partial charge on any atom is 0.253 e. The minimum Gasteiger partial charge on any atom is -0.399 e. The lowest BCUT2D eigenvalue weighted by Gasteiger charge is -2.14. The molecular formula is C23H24N4O4. The van der Waals surface area contributed by atoms with Crippen LogP contribution in [0.2, 0.25) is 0 Å². The molecule has 0 aliphatic carbocycles. The normalized spacial score (nSPS) is 12.9. The molecule has 0 bridgehead atoms. The summed E-state index contributed by atoms with van der Waals surface area (Å²) in [7, 11) is 0. The topological polar surface area (TPSA) is 122 Å². The number of nitrogens with one attached hydrogen (secondary N) is 2. The molecule has 2 aromatic carbocycles. The zero-order valence-electron chi connectivity index (χ0n) is 17.4. The largest absolute Gasteiger partial charge is 0.399 e. The van der Waals surface area contributed by atoms with Gasteiger partial charge in [-0.15, -0.1) is 0 Å². The number of carbonyl (C=O) groups excluding carboxylic acids is 4. The molecule has 31 heavy (non-hydrogen) atoms. The fourth-order valence-corrected chi connectivity index (χ4v) is 3.17. The van der Waals surface area contributed by atoms with E-state index in [4.69, 9.17) is 5.73 Å². The molecule has 8 nitrogen and oxygen atoms in total. The van der Waals surface area contributed by atoms with Crippen LogP contribution in [0.3, 0.4) is 0 Å². The van der Waals surface area contributed by atoms with Crippen LogP contribution in [-0.4, -0.2) is 41.6 Å². The third-order valence-corrected chi connectivity index (χ3v) is 5.01. The molecule has 0 atom stereocenters. The van der Waals surface area contributed by atoms with Crippen molar-refractivity contribution in [3.63, 3.8) is 0 Å². The molecule has 4 N–H and O–H groups in total. The number of nitrogens with two attached hydrogens (primary N) is 1. The quantitative estimate of drug-likeness (QED) is 0.467. The maximum absolute atomic E-state index is 12.2. The van der Waals surface area contributed by atoms with E-state index < -0.39 is 17.7 Å². The highest BCUT2D eigenvalue weighted by Gasteiger charge is 2.23. The average Bonchev–Trinajstić information content (AvgIpc) is 3.06. The number of amides is 4. The van der Waals surface area contributed by atoms with E-state index in [0.717, 1.165) is 45.0 Å². The summed E-state index contributed by atoms with van der Waals surface area (Å²) in [4.78, 5) is 48.0. The van der Waals surface area contributed by atoms with Crippen molar-refractivity contribution in [2.45, 2.75) is 20.3 Å². The van der Waals surface area contributed by atoms with E-state index in [1.54, 1.807) is 0 Å². The summed E-state index contributed by atoms with van der Waals surface area (Å²) in [6.45, 7) is 3.60. The van der Waals surface area contributed by atoms with Gasteiger partial charge in [0.25, 0.3) is 11.8 Å². The van der Waals surface area contributed by atoms with E-state index in [1.807, 2.05) is 50.2 Å². The van der Waals surface area contributed by atoms with Crippen molar-refractivity contribution in [3.8, 4) is 11.1 Å². The minimum atomic E-state index is -0.441. The fraction of sp³-hybridized carbons (Fsp3) is 0.217. The summed E-state index contributed by atoms with van der Waals surface area (Å²) in [5.74, 6) is -1.68. The van der Waals surface area contributed by atoms with Crippen molar-refractivity contribution in [1.82, 2.24) is 10.2 Å². The predicted octanol–water partition coefficient (Wildman–Crippen LogP) is 1.92. The Morgan fingerprint density at radius 2 is 1.52 bits per heavy atom. The number of anilines is 2. The molecule has 1 aliphatic rings. The number of aryl methyl sites for hydroxylation is 2. The molecule has 2 aromatic rings. The molecule has 0 spiro atoms. The van der Waals surface area contributed by atoms with Crippen molar-refractivity contribution in [3.05, 3.63) is 59.7 Å². The Balaban J connectivity index is 1.51. The standard InChI is InChI=1S/C23H24N4O4/c1-14-11-16(3-5-18(14)24)17-4-6-19(15(2)12-17)26-21(29)13-25-20(28)9-10-27-22(30)7-8-23(27)31/h3-8,11-12H,9-10,13,24H2,1-2H3,(H,25,28)(H,26,29). The molecule has 0 saturated carbocycles. The first-order valence-corrected chi connectivity index (χ1v) is 9.82. The summed E-state index contributed by atoms with van der Waals surface area (Å²) < 4.78 is 0. The number of carbonyl (C=O) groups is 4. The van der Waals surface area contributed by atoms with Gasteiger partial charge >= 0.3 is 0 Å². The molecule has 4 amide bonds. The molecule has 8 heteroatoms. The molecule has 0 saturated heterocycles. The number of rotatable bonds is 7. The Labute approximate surface area is 180 Å². The van der Waals surface area contributed by atoms with Crippen molar-refractivity contribution >= 4 is 35.0 Å². The SMILES string of the molecule is Cc1cc(-c2ccc(NC(=O)CNC(=O)CCN3C(=O)C=CC3=O)c(C)c2)ccc1N. The summed E-state index contributed by atoms with van der Waals surface area (Å²) in [5, 5.41) is 5.27. The van der Waals surface area contributed by atoms with Gasteiger partial charge in [0, 0.05) is 36.5 Å². The summed E-state index contributed by atoms with van der Waals surface area (Å²) >= 11 is 0. The molecule has 0 unspecified atom stereocenters. The second kappa shape index (κ2) is 9.25. The number of benzene rings is 2. The van der Waals surface area contributed by atoms with E-state index in [-0.39, 0.29) is 25.4 Å². The van der Waals surface area contributed by atoms with Crippen LogP contribution in [0.25, 0.3) is 11.1 Å². The van der Waals surface area contributed by atoms with Gasteiger partial charge in [0.2, 0.25) is 11.8 Å². The zero-order valence-corrected chi connectivity index (χ0v) is 17.4. The van der Waals surface area contributed by atoms with E-state index >= 15 is 0 Å². The first-order valence-electron chi connectivity index (χ1n) is 9.82. The Bertz CT molecular complexity index is 1070. The van der Waals surface area contributed by atoms with Crippen molar-refractivity contribution in [1.29, 1.82) is 0 Å². The molecular weight excluding hydrogens is 396 g/mol. The number of nitrogens with zero attached hydrogens (tertiary/aromatic N) is 1. The van der Waals surface area contributed by atoms with E-state index in [2.05, 4.69) is 10.6 Å². The fourth-order valence-electron chi connectivity index (χ4n) is 3.17. The molecule has 160 valence electrons. The first-order chi connectivity index (χ1) is 14.7. The van der Waals surface area contributed by atoms with Gasteiger partial charge in [0.05, 0.1) is 6.54 Å². The number of nitrogen functional groups attached to an aromatic ring is 1. The van der Waals surface area contributed by atoms with Gasteiger partial charge < -0.3 is 16.4 Å². The predicted molar refractivity (Wildman–Crippen MR) is 118 cm³/mol. The van der Waals surface area contributed by atoms with E-state index in [1.165, 1.54) is 0 Å². The number of hydrogen-bond acceptors (Lipinski definition) is 5. The van der Waals surface area contributed by atoms with Crippen LogP contribution < -0.4 is 16.4 Å². The Morgan fingerprint density at radius 3 is 2.13 bits per heavy atom. The van der Waals surface area contributed by atoms with Gasteiger partial charge in [0.1, 0.15) is 0 Å². The smallest absolute Gasteiger partial charge is 0.253 e. The van der Waals surface area contributed by atoms with Crippen LogP contribution >= 0.6 is 0 Å². The lowest BCUT2D eigenvalue weighted by molar-refractivity contribution is -0.137. The van der Waals surface area contributed by atoms with E-state index in [9.17, 15) is 19.2 Å². The second-order valence-electron chi connectivity index (χ2n) is 7.34. The Hall–Kier alpha value is -3.94. The second-order valence-corrected chi connectivity index (χ2v) is 7.34. The lowest BCUT2D eigenvalue weighted by Crippen LogP contribution is -2.37. The number of imide groups is 1. The summed E-state index contributed by atoms with van der Waals surface area (Å²) in [6, 6.07) is 11.5. The molecule has 1 aliphatic heterocycles.